The number of rotatable bonds is 4. The molecule has 1 saturated heterocycles. The lowest BCUT2D eigenvalue weighted by atomic mass is 9.83. The molecule has 1 aliphatic heterocycles. The fraction of sp³-hybridized carbons (Fsp3) is 1.00. The Balaban J connectivity index is 1.82. The highest BCUT2D eigenvalue weighted by atomic mass is 16.5. The van der Waals surface area contributed by atoms with E-state index in [-0.39, 0.29) is 5.60 Å². The van der Waals surface area contributed by atoms with Crippen LogP contribution in [0.3, 0.4) is 0 Å². The van der Waals surface area contributed by atoms with Crippen molar-refractivity contribution in [2.45, 2.75) is 76.1 Å². The van der Waals surface area contributed by atoms with Gasteiger partial charge in [-0.05, 0) is 38.5 Å². The molecule has 94 valence electrons. The normalized spacial score (nSPS) is 38.1. The highest BCUT2D eigenvalue weighted by Gasteiger charge is 2.36. The van der Waals surface area contributed by atoms with E-state index in [2.05, 4.69) is 19.2 Å². The number of nitrogens with two attached hydrogens (primary N) is 1. The van der Waals surface area contributed by atoms with Crippen molar-refractivity contribution in [3.8, 4) is 0 Å². The molecule has 2 aliphatic rings. The maximum atomic E-state index is 5.98. The van der Waals surface area contributed by atoms with E-state index in [0.717, 1.165) is 38.7 Å². The molecule has 0 spiro atoms. The average Bonchev–Trinajstić information content (AvgIpc) is 2.27. The van der Waals surface area contributed by atoms with Gasteiger partial charge in [-0.3, -0.25) is 0 Å². The highest BCUT2D eigenvalue weighted by Crippen LogP contribution is 2.32. The maximum Gasteiger partial charge on any atom is 0.0692 e. The van der Waals surface area contributed by atoms with E-state index in [1.54, 1.807) is 0 Å². The minimum atomic E-state index is 0.141. The zero-order valence-corrected chi connectivity index (χ0v) is 10.7. The van der Waals surface area contributed by atoms with Gasteiger partial charge in [0.1, 0.15) is 0 Å². The zero-order valence-electron chi connectivity index (χ0n) is 10.7. The van der Waals surface area contributed by atoms with Crippen LogP contribution in [-0.4, -0.2) is 30.3 Å². The Kier molecular flexibility index (Phi) is 3.88. The summed E-state index contributed by atoms with van der Waals surface area (Å²) in [5.41, 5.74) is 5.96. The summed E-state index contributed by atoms with van der Waals surface area (Å²) in [6.45, 7) is 5.40. The molecule has 1 heterocycles. The predicted molar refractivity (Wildman–Crippen MR) is 66.4 cm³/mol. The lowest BCUT2D eigenvalue weighted by molar-refractivity contribution is -0.0951. The fourth-order valence-electron chi connectivity index (χ4n) is 3.04. The maximum absolute atomic E-state index is 5.98. The number of hydrogen-bond acceptors (Lipinski definition) is 3. The quantitative estimate of drug-likeness (QED) is 0.768. The number of hydrogen-bond donors (Lipinski definition) is 2. The smallest absolute Gasteiger partial charge is 0.0692 e. The molecule has 1 saturated carbocycles. The van der Waals surface area contributed by atoms with Crippen LogP contribution in [0.15, 0.2) is 0 Å². The molecule has 2 rings (SSSR count). The van der Waals surface area contributed by atoms with Crippen LogP contribution in [0.25, 0.3) is 0 Å². The number of nitrogens with one attached hydrogen (secondary N) is 1. The van der Waals surface area contributed by atoms with Crippen molar-refractivity contribution in [1.82, 2.24) is 5.32 Å². The first-order chi connectivity index (χ1) is 7.67. The third-order valence-electron chi connectivity index (χ3n) is 4.43. The summed E-state index contributed by atoms with van der Waals surface area (Å²) in [6, 6.07) is 1.76. The SMILES string of the molecule is CCC1(CC)CC(NC2CC(N)C2)CCO1. The summed E-state index contributed by atoms with van der Waals surface area (Å²) in [4.78, 5) is 0. The van der Waals surface area contributed by atoms with Crippen LogP contribution in [0.5, 0.6) is 0 Å². The molecule has 0 aromatic carbocycles. The van der Waals surface area contributed by atoms with Crippen molar-refractivity contribution >= 4 is 0 Å². The van der Waals surface area contributed by atoms with Gasteiger partial charge in [0.25, 0.3) is 0 Å². The first-order valence-corrected chi connectivity index (χ1v) is 6.83. The average molecular weight is 226 g/mol. The lowest BCUT2D eigenvalue weighted by Gasteiger charge is -2.43. The summed E-state index contributed by atoms with van der Waals surface area (Å²) in [5.74, 6) is 0. The van der Waals surface area contributed by atoms with Gasteiger partial charge in [0.2, 0.25) is 0 Å². The van der Waals surface area contributed by atoms with Gasteiger partial charge >= 0.3 is 0 Å². The summed E-state index contributed by atoms with van der Waals surface area (Å²) < 4.78 is 5.98. The van der Waals surface area contributed by atoms with E-state index in [0.29, 0.717) is 18.1 Å². The van der Waals surface area contributed by atoms with Crippen LogP contribution in [0.4, 0.5) is 0 Å². The molecule has 16 heavy (non-hydrogen) atoms. The second-order valence-electron chi connectivity index (χ2n) is 5.52. The van der Waals surface area contributed by atoms with Gasteiger partial charge in [0, 0.05) is 24.7 Å². The molecule has 3 heteroatoms. The van der Waals surface area contributed by atoms with Crippen LogP contribution in [0.2, 0.25) is 0 Å². The fourth-order valence-corrected chi connectivity index (χ4v) is 3.04. The van der Waals surface area contributed by atoms with E-state index in [9.17, 15) is 0 Å². The van der Waals surface area contributed by atoms with Crippen LogP contribution in [0, 0.1) is 0 Å². The Bertz CT molecular complexity index is 222. The minimum Gasteiger partial charge on any atom is -0.375 e. The van der Waals surface area contributed by atoms with E-state index < -0.39 is 0 Å². The summed E-state index contributed by atoms with van der Waals surface area (Å²) >= 11 is 0. The van der Waals surface area contributed by atoms with Crippen molar-refractivity contribution in [2.75, 3.05) is 6.61 Å². The van der Waals surface area contributed by atoms with Crippen LogP contribution in [0.1, 0.15) is 52.4 Å². The second kappa shape index (κ2) is 5.03. The minimum absolute atomic E-state index is 0.141. The highest BCUT2D eigenvalue weighted by molar-refractivity contribution is 4.94. The predicted octanol–water partition coefficient (Wildman–Crippen LogP) is 1.80. The van der Waals surface area contributed by atoms with Crippen molar-refractivity contribution in [1.29, 1.82) is 0 Å². The van der Waals surface area contributed by atoms with Gasteiger partial charge in [-0.25, -0.2) is 0 Å². The Morgan fingerprint density at radius 3 is 2.50 bits per heavy atom. The van der Waals surface area contributed by atoms with Crippen molar-refractivity contribution in [3.05, 3.63) is 0 Å². The molecule has 3 N–H and O–H groups in total. The Hall–Kier alpha value is -0.120. The molecule has 1 aliphatic carbocycles. The molecule has 0 aromatic rings. The third kappa shape index (κ3) is 2.58. The molecule has 0 aromatic heterocycles. The topological polar surface area (TPSA) is 47.3 Å². The first-order valence-electron chi connectivity index (χ1n) is 6.83. The van der Waals surface area contributed by atoms with Gasteiger partial charge in [-0.15, -0.1) is 0 Å². The second-order valence-corrected chi connectivity index (χ2v) is 5.52. The zero-order chi connectivity index (χ0) is 11.6. The monoisotopic (exact) mass is 226 g/mol. The van der Waals surface area contributed by atoms with Crippen molar-refractivity contribution in [3.63, 3.8) is 0 Å². The Morgan fingerprint density at radius 1 is 1.25 bits per heavy atom. The van der Waals surface area contributed by atoms with Gasteiger partial charge in [-0.2, -0.15) is 0 Å². The third-order valence-corrected chi connectivity index (χ3v) is 4.43. The number of ether oxygens (including phenoxy) is 1. The molecule has 3 nitrogen and oxygen atoms in total. The molecule has 2 fully saturated rings. The van der Waals surface area contributed by atoms with Crippen LogP contribution in [-0.2, 0) is 4.74 Å². The standard InChI is InChI=1S/C13H26N2O/c1-3-13(4-2)9-11(5-6-16-13)15-12-7-10(14)8-12/h10-12,15H,3-9,14H2,1-2H3. The molecule has 0 radical (unpaired) electrons. The largest absolute Gasteiger partial charge is 0.375 e. The summed E-state index contributed by atoms with van der Waals surface area (Å²) in [6.07, 6.45) is 6.90. The van der Waals surface area contributed by atoms with E-state index in [4.69, 9.17) is 10.5 Å². The summed E-state index contributed by atoms with van der Waals surface area (Å²) in [5, 5.41) is 3.75. The van der Waals surface area contributed by atoms with Crippen molar-refractivity contribution < 1.29 is 4.74 Å². The molecule has 1 atom stereocenters. The molecule has 0 amide bonds. The Labute approximate surface area is 99.1 Å². The molecular weight excluding hydrogens is 200 g/mol. The van der Waals surface area contributed by atoms with E-state index >= 15 is 0 Å². The molecule has 1 unspecified atom stereocenters. The molecular formula is C13H26N2O. The molecule has 0 bridgehead atoms. The first kappa shape index (κ1) is 12.3. The van der Waals surface area contributed by atoms with Gasteiger partial charge in [-0.1, -0.05) is 13.8 Å². The Morgan fingerprint density at radius 2 is 1.94 bits per heavy atom. The van der Waals surface area contributed by atoms with Crippen LogP contribution < -0.4 is 11.1 Å². The van der Waals surface area contributed by atoms with Crippen LogP contribution >= 0.6 is 0 Å². The summed E-state index contributed by atoms with van der Waals surface area (Å²) in [7, 11) is 0. The van der Waals surface area contributed by atoms with Gasteiger partial charge in [0.15, 0.2) is 0 Å². The van der Waals surface area contributed by atoms with Gasteiger partial charge in [0.05, 0.1) is 5.60 Å². The lowest BCUT2D eigenvalue weighted by Crippen LogP contribution is -2.55. The van der Waals surface area contributed by atoms with Gasteiger partial charge < -0.3 is 15.8 Å². The van der Waals surface area contributed by atoms with E-state index in [1.807, 2.05) is 0 Å². The van der Waals surface area contributed by atoms with Crippen molar-refractivity contribution in [2.24, 2.45) is 5.73 Å². The van der Waals surface area contributed by atoms with E-state index in [1.165, 1.54) is 6.42 Å².